The van der Waals surface area contributed by atoms with Gasteiger partial charge in [0.25, 0.3) is 0 Å². The van der Waals surface area contributed by atoms with Gasteiger partial charge in [0, 0.05) is 35.4 Å². The van der Waals surface area contributed by atoms with Crippen molar-refractivity contribution in [3.63, 3.8) is 0 Å². The zero-order chi connectivity index (χ0) is 14.7. The summed E-state index contributed by atoms with van der Waals surface area (Å²) < 4.78 is 0. The van der Waals surface area contributed by atoms with Crippen LogP contribution in [0.25, 0.3) is 5.73 Å². The maximum atomic E-state index is 7.42. The minimum absolute atomic E-state index is 0. The van der Waals surface area contributed by atoms with Crippen LogP contribution in [0, 0.1) is 6.08 Å². The van der Waals surface area contributed by atoms with E-state index < -0.39 is 0 Å². The van der Waals surface area contributed by atoms with E-state index in [0.29, 0.717) is 5.69 Å². The molecule has 0 saturated heterocycles. The number of hydrogen-bond donors (Lipinski definition) is 0. The van der Waals surface area contributed by atoms with Crippen LogP contribution in [0.4, 0.5) is 5.69 Å². The Hall–Kier alpha value is 0.167. The fourth-order valence-electron chi connectivity index (χ4n) is 1.33. The van der Waals surface area contributed by atoms with Crippen molar-refractivity contribution in [3.05, 3.63) is 59.9 Å². The Bertz CT molecular complexity index is 405. The van der Waals surface area contributed by atoms with Gasteiger partial charge in [-0.15, -0.1) is 36.9 Å². The zero-order valence-corrected chi connectivity index (χ0v) is 20.3. The first-order valence-corrected chi connectivity index (χ1v) is 8.54. The molecule has 0 saturated carbocycles. The molecule has 0 atom stereocenters. The third kappa shape index (κ3) is 16.5. The SMILES string of the molecule is CC(C)(C)c1cccc([NH-])c1.C[Si]C.Cl.Cl.[C-]1=CC=CC1.[Hf]. The molecule has 0 bridgehead atoms. The van der Waals surface area contributed by atoms with Crippen molar-refractivity contribution in [1.82, 2.24) is 0 Å². The number of benzene rings is 1. The summed E-state index contributed by atoms with van der Waals surface area (Å²) in [7, 11) is 1.08. The molecular formula is C17H27Cl2HfNSi-2. The number of hydrogen-bond acceptors (Lipinski definition) is 0. The molecule has 5 heteroatoms. The van der Waals surface area contributed by atoms with Gasteiger partial charge < -0.3 is 5.73 Å². The molecule has 0 aromatic heterocycles. The molecule has 1 nitrogen and oxygen atoms in total. The van der Waals surface area contributed by atoms with E-state index in [1.165, 1.54) is 5.56 Å². The molecule has 2 rings (SSSR count). The first kappa shape index (κ1) is 30.1. The van der Waals surface area contributed by atoms with E-state index in [9.17, 15) is 0 Å². The maximum Gasteiger partial charge on any atom is 0.0307 e. The molecule has 1 N–H and O–H groups in total. The van der Waals surface area contributed by atoms with Crippen molar-refractivity contribution in [2.45, 2.75) is 45.7 Å². The quantitative estimate of drug-likeness (QED) is 0.271. The third-order valence-electron chi connectivity index (χ3n) is 2.31. The monoisotopic (exact) mass is 523 g/mol. The standard InChI is InChI=1S/C10H14N.C5H5.C2H6Si.2ClH.Hf/c1-10(2,3)8-5-4-6-9(11)7-8;1-2-4-5-3-1;1-3-2;;;/h4-7,11H,1-3H3;1-3H,4H2;1-2H3;2*1H;/q2*-1;;;;. The Morgan fingerprint density at radius 3 is 1.91 bits per heavy atom. The van der Waals surface area contributed by atoms with E-state index in [1.807, 2.05) is 24.3 Å². The Morgan fingerprint density at radius 1 is 1.14 bits per heavy atom. The average Bonchev–Trinajstić information content (AvgIpc) is 2.87. The van der Waals surface area contributed by atoms with Gasteiger partial charge in [0.05, 0.1) is 0 Å². The number of halogens is 2. The molecule has 0 aliphatic heterocycles. The van der Waals surface area contributed by atoms with Gasteiger partial charge in [0.15, 0.2) is 0 Å². The van der Waals surface area contributed by atoms with Crippen LogP contribution in [0.2, 0.25) is 13.1 Å². The number of nitrogens with one attached hydrogen (secondary N) is 1. The summed E-state index contributed by atoms with van der Waals surface area (Å²) in [6.45, 7) is 10.8. The summed E-state index contributed by atoms with van der Waals surface area (Å²) in [6, 6.07) is 7.72. The van der Waals surface area contributed by atoms with E-state index in [2.05, 4.69) is 52.1 Å². The van der Waals surface area contributed by atoms with Crippen molar-refractivity contribution in [2.24, 2.45) is 0 Å². The molecule has 0 fully saturated rings. The molecule has 1 aromatic rings. The Balaban J connectivity index is -0.000000126. The van der Waals surface area contributed by atoms with E-state index in [-0.39, 0.29) is 56.1 Å². The number of allylic oxidation sites excluding steroid dienone is 4. The minimum Gasteiger partial charge on any atom is -0.699 e. The van der Waals surface area contributed by atoms with Crippen LogP contribution in [0.3, 0.4) is 0 Å². The molecular weight excluding hydrogens is 496 g/mol. The van der Waals surface area contributed by atoms with Crippen LogP contribution in [0.15, 0.2) is 42.5 Å². The predicted molar refractivity (Wildman–Crippen MR) is 103 cm³/mol. The van der Waals surface area contributed by atoms with Gasteiger partial charge in [-0.05, 0) is 11.0 Å². The molecule has 2 radical (unpaired) electrons. The first-order chi connectivity index (χ1) is 8.91. The zero-order valence-electron chi connectivity index (χ0n) is 14.1. The van der Waals surface area contributed by atoms with Gasteiger partial charge in [-0.2, -0.15) is 6.08 Å². The minimum atomic E-state index is 0. The molecule has 22 heavy (non-hydrogen) atoms. The van der Waals surface area contributed by atoms with Gasteiger partial charge in [-0.3, -0.25) is 6.08 Å². The maximum absolute atomic E-state index is 7.42. The summed E-state index contributed by atoms with van der Waals surface area (Å²) in [6.07, 6.45) is 10.0. The van der Waals surface area contributed by atoms with Crippen molar-refractivity contribution < 1.29 is 25.8 Å². The van der Waals surface area contributed by atoms with Crippen molar-refractivity contribution in [2.75, 3.05) is 0 Å². The van der Waals surface area contributed by atoms with Crippen LogP contribution in [-0.4, -0.2) is 9.52 Å². The van der Waals surface area contributed by atoms with Gasteiger partial charge >= 0.3 is 0 Å². The Morgan fingerprint density at radius 2 is 1.68 bits per heavy atom. The second-order valence-corrected chi connectivity index (χ2v) is 6.33. The number of rotatable bonds is 0. The van der Waals surface area contributed by atoms with Gasteiger partial charge in [0.2, 0.25) is 0 Å². The predicted octanol–water partition coefficient (Wildman–Crippen LogP) is 6.60. The fraction of sp³-hybridized carbons (Fsp3) is 0.412. The Labute approximate surface area is 170 Å². The average molecular weight is 523 g/mol. The van der Waals surface area contributed by atoms with Crippen LogP contribution in [0.5, 0.6) is 0 Å². The molecule has 0 unspecified atom stereocenters. The van der Waals surface area contributed by atoms with E-state index >= 15 is 0 Å². The normalized spacial score (nSPS) is 10.6. The van der Waals surface area contributed by atoms with Crippen molar-refractivity contribution in [3.8, 4) is 0 Å². The molecule has 124 valence electrons. The first-order valence-electron chi connectivity index (χ1n) is 6.54. The van der Waals surface area contributed by atoms with E-state index in [4.69, 9.17) is 5.73 Å². The second-order valence-electron chi connectivity index (χ2n) is 5.33. The molecule has 0 heterocycles. The van der Waals surface area contributed by atoms with E-state index in [0.717, 1.165) is 15.9 Å². The summed E-state index contributed by atoms with van der Waals surface area (Å²) in [5, 5.41) is 0. The fourth-order valence-corrected chi connectivity index (χ4v) is 1.33. The van der Waals surface area contributed by atoms with Crippen molar-refractivity contribution >= 4 is 40.0 Å². The molecule has 0 spiro atoms. The Kier molecular flexibility index (Phi) is 24.0. The van der Waals surface area contributed by atoms with Gasteiger partial charge in [0.1, 0.15) is 0 Å². The van der Waals surface area contributed by atoms with Crippen LogP contribution < -0.4 is 0 Å². The largest absolute Gasteiger partial charge is 0.699 e. The topological polar surface area (TPSA) is 23.8 Å². The van der Waals surface area contributed by atoms with E-state index in [1.54, 1.807) is 6.07 Å². The van der Waals surface area contributed by atoms with Gasteiger partial charge in [-0.25, -0.2) is 12.2 Å². The molecule has 0 amide bonds. The smallest absolute Gasteiger partial charge is 0.0307 e. The van der Waals surface area contributed by atoms with Gasteiger partial charge in [-0.1, -0.05) is 58.1 Å². The molecule has 1 aromatic carbocycles. The molecule has 1 aliphatic rings. The summed E-state index contributed by atoms with van der Waals surface area (Å²) in [5.74, 6) is 0. The molecule has 1 aliphatic carbocycles. The summed E-state index contributed by atoms with van der Waals surface area (Å²) >= 11 is 0. The summed E-state index contributed by atoms with van der Waals surface area (Å²) in [5.41, 5.74) is 9.40. The van der Waals surface area contributed by atoms with Crippen LogP contribution in [-0.2, 0) is 31.3 Å². The van der Waals surface area contributed by atoms with Crippen LogP contribution in [0.1, 0.15) is 32.8 Å². The summed E-state index contributed by atoms with van der Waals surface area (Å²) in [4.78, 5) is 0. The van der Waals surface area contributed by atoms with Crippen molar-refractivity contribution in [1.29, 1.82) is 0 Å². The third-order valence-corrected chi connectivity index (χ3v) is 2.31. The van der Waals surface area contributed by atoms with Crippen LogP contribution >= 0.6 is 24.8 Å². The second kappa shape index (κ2) is 17.5.